The summed E-state index contributed by atoms with van der Waals surface area (Å²) in [5.74, 6) is 5.11. The monoisotopic (exact) mass is 126 g/mol. The van der Waals surface area contributed by atoms with Gasteiger partial charge in [0.05, 0.1) is 0 Å². The molecule has 0 aromatic carbocycles. The smallest absolute Gasteiger partial charge is 0.273 e. The third kappa shape index (κ3) is 0.835. The fraction of sp³-hybridized carbons (Fsp3) is 0. The van der Waals surface area contributed by atoms with Gasteiger partial charge >= 0.3 is 0 Å². The van der Waals surface area contributed by atoms with E-state index in [1.54, 1.807) is 0 Å². The first-order chi connectivity index (χ1) is 4.22. The first-order valence-electron chi connectivity index (χ1n) is 2.30. The maximum absolute atomic E-state index is 10.6. The van der Waals surface area contributed by atoms with Crippen LogP contribution in [0.5, 0.6) is 0 Å². The van der Waals surface area contributed by atoms with Crippen molar-refractivity contribution >= 4 is 5.95 Å². The van der Waals surface area contributed by atoms with Gasteiger partial charge in [-0.05, 0) is 0 Å². The highest BCUT2D eigenvalue weighted by Crippen LogP contribution is 1.81. The Morgan fingerprint density at radius 2 is 2.33 bits per heavy atom. The van der Waals surface area contributed by atoms with Crippen LogP contribution < -0.4 is 17.1 Å². The molecule has 9 heavy (non-hydrogen) atoms. The molecule has 0 saturated carbocycles. The third-order valence-electron chi connectivity index (χ3n) is 0.908. The molecule has 0 aliphatic carbocycles. The van der Waals surface area contributed by atoms with Crippen molar-refractivity contribution in [3.05, 3.63) is 22.6 Å². The Hall–Kier alpha value is -1.52. The van der Waals surface area contributed by atoms with Crippen LogP contribution in [0.25, 0.3) is 0 Å². The molecule has 0 bridgehead atoms. The standard InChI is InChI=1S/C4H6N4O/c5-4-7-2-1-3(9)8(4)6/h1-2H,6H2,(H2,5,7). The van der Waals surface area contributed by atoms with Gasteiger partial charge in [0.25, 0.3) is 5.56 Å². The van der Waals surface area contributed by atoms with Gasteiger partial charge < -0.3 is 11.6 Å². The molecule has 1 rings (SSSR count). The van der Waals surface area contributed by atoms with Gasteiger partial charge in [-0.1, -0.05) is 0 Å². The summed E-state index contributed by atoms with van der Waals surface area (Å²) >= 11 is 0. The van der Waals surface area contributed by atoms with Crippen LogP contribution in [0.1, 0.15) is 0 Å². The minimum Gasteiger partial charge on any atom is -0.368 e. The third-order valence-corrected chi connectivity index (χ3v) is 0.908. The van der Waals surface area contributed by atoms with Gasteiger partial charge in [0.15, 0.2) is 0 Å². The van der Waals surface area contributed by atoms with Crippen molar-refractivity contribution in [3.63, 3.8) is 0 Å². The van der Waals surface area contributed by atoms with E-state index in [0.717, 1.165) is 4.68 Å². The molecule has 4 N–H and O–H groups in total. The Bertz CT molecular complexity index is 266. The van der Waals surface area contributed by atoms with Crippen molar-refractivity contribution in [1.29, 1.82) is 0 Å². The van der Waals surface area contributed by atoms with Gasteiger partial charge in [-0.25, -0.2) is 4.98 Å². The second kappa shape index (κ2) is 1.77. The molecular weight excluding hydrogens is 120 g/mol. The van der Waals surface area contributed by atoms with Gasteiger partial charge in [0.1, 0.15) is 0 Å². The lowest BCUT2D eigenvalue weighted by atomic mass is 10.6. The molecule has 0 amide bonds. The molecule has 5 nitrogen and oxygen atoms in total. The molecule has 1 aromatic rings. The second-order valence-electron chi connectivity index (χ2n) is 1.51. The van der Waals surface area contributed by atoms with Crippen LogP contribution in [0.15, 0.2) is 17.1 Å². The highest BCUT2D eigenvalue weighted by atomic mass is 16.1. The van der Waals surface area contributed by atoms with E-state index in [-0.39, 0.29) is 11.5 Å². The van der Waals surface area contributed by atoms with E-state index < -0.39 is 0 Å². The summed E-state index contributed by atoms with van der Waals surface area (Å²) in [6.45, 7) is 0. The number of hydrogen-bond acceptors (Lipinski definition) is 4. The molecule has 0 fully saturated rings. The Kier molecular flexibility index (Phi) is 1.11. The van der Waals surface area contributed by atoms with Crippen LogP contribution in [-0.2, 0) is 0 Å². The number of anilines is 1. The van der Waals surface area contributed by atoms with Crippen LogP contribution in [0.3, 0.4) is 0 Å². The van der Waals surface area contributed by atoms with E-state index in [9.17, 15) is 4.79 Å². The molecule has 5 heteroatoms. The molecular formula is C4H6N4O. The van der Waals surface area contributed by atoms with Crippen molar-refractivity contribution < 1.29 is 0 Å². The number of nitrogen functional groups attached to an aromatic ring is 2. The van der Waals surface area contributed by atoms with Gasteiger partial charge in [-0.2, -0.15) is 4.68 Å². The molecule has 0 unspecified atom stereocenters. The van der Waals surface area contributed by atoms with E-state index in [2.05, 4.69) is 4.98 Å². The molecule has 0 aliphatic rings. The van der Waals surface area contributed by atoms with Crippen LogP contribution in [0.2, 0.25) is 0 Å². The summed E-state index contributed by atoms with van der Waals surface area (Å²) in [4.78, 5) is 14.1. The number of hydrogen-bond donors (Lipinski definition) is 2. The predicted octanol–water partition coefficient (Wildman–Crippen LogP) is -1.46. The molecule has 1 aromatic heterocycles. The molecule has 0 spiro atoms. The van der Waals surface area contributed by atoms with Gasteiger partial charge in [0, 0.05) is 12.3 Å². The summed E-state index contributed by atoms with van der Waals surface area (Å²) < 4.78 is 0.778. The molecule has 0 aliphatic heterocycles. The summed E-state index contributed by atoms with van der Waals surface area (Å²) in [7, 11) is 0. The lowest BCUT2D eigenvalue weighted by molar-refractivity contribution is 0.910. The Balaban J connectivity index is 3.43. The Morgan fingerprint density at radius 1 is 1.67 bits per heavy atom. The zero-order valence-corrected chi connectivity index (χ0v) is 4.61. The quantitative estimate of drug-likeness (QED) is 0.416. The molecule has 48 valence electrons. The summed E-state index contributed by atoms with van der Waals surface area (Å²) in [6.07, 6.45) is 1.31. The SMILES string of the molecule is Nc1nccc(=O)n1N. The van der Waals surface area contributed by atoms with Crippen molar-refractivity contribution in [3.8, 4) is 0 Å². The summed E-state index contributed by atoms with van der Waals surface area (Å²) in [5.41, 5.74) is 4.79. The number of nitrogens with zero attached hydrogens (tertiary/aromatic N) is 2. The second-order valence-corrected chi connectivity index (χ2v) is 1.51. The predicted molar refractivity (Wildman–Crippen MR) is 33.1 cm³/mol. The summed E-state index contributed by atoms with van der Waals surface area (Å²) in [5, 5.41) is 0. The molecule has 0 atom stereocenters. The maximum Gasteiger partial charge on any atom is 0.273 e. The van der Waals surface area contributed by atoms with Crippen molar-refractivity contribution in [2.24, 2.45) is 0 Å². The summed E-state index contributed by atoms with van der Waals surface area (Å²) in [6, 6.07) is 1.23. The number of aromatic nitrogens is 2. The fourth-order valence-corrected chi connectivity index (χ4v) is 0.433. The topological polar surface area (TPSA) is 86.9 Å². The normalized spacial score (nSPS) is 9.33. The lowest BCUT2D eigenvalue weighted by Gasteiger charge is -1.96. The molecule has 0 radical (unpaired) electrons. The highest BCUT2D eigenvalue weighted by Gasteiger charge is 1.91. The van der Waals surface area contributed by atoms with Gasteiger partial charge in [-0.3, -0.25) is 4.79 Å². The molecule has 1 heterocycles. The van der Waals surface area contributed by atoms with Crippen LogP contribution >= 0.6 is 0 Å². The van der Waals surface area contributed by atoms with E-state index in [1.807, 2.05) is 0 Å². The lowest BCUT2D eigenvalue weighted by Crippen LogP contribution is -2.29. The highest BCUT2D eigenvalue weighted by molar-refractivity contribution is 5.15. The average Bonchev–Trinajstić information content (AvgIpc) is 1.83. The van der Waals surface area contributed by atoms with E-state index in [0.29, 0.717) is 0 Å². The molecule has 0 saturated heterocycles. The minimum atomic E-state index is -0.359. The van der Waals surface area contributed by atoms with Gasteiger partial charge in [-0.15, -0.1) is 0 Å². The first kappa shape index (κ1) is 5.61. The zero-order chi connectivity index (χ0) is 6.85. The van der Waals surface area contributed by atoms with Crippen LogP contribution in [-0.4, -0.2) is 9.66 Å². The first-order valence-corrected chi connectivity index (χ1v) is 2.30. The number of rotatable bonds is 0. The van der Waals surface area contributed by atoms with Crippen molar-refractivity contribution in [1.82, 2.24) is 9.66 Å². The van der Waals surface area contributed by atoms with Crippen LogP contribution in [0.4, 0.5) is 5.95 Å². The average molecular weight is 126 g/mol. The van der Waals surface area contributed by atoms with Crippen molar-refractivity contribution in [2.45, 2.75) is 0 Å². The minimum absolute atomic E-state index is 0.0162. The van der Waals surface area contributed by atoms with Crippen LogP contribution in [0, 0.1) is 0 Å². The van der Waals surface area contributed by atoms with E-state index >= 15 is 0 Å². The Morgan fingerprint density at radius 3 is 2.78 bits per heavy atom. The number of nitrogens with two attached hydrogens (primary N) is 2. The Labute approximate surface area is 50.9 Å². The maximum atomic E-state index is 10.6. The van der Waals surface area contributed by atoms with E-state index in [4.69, 9.17) is 11.6 Å². The van der Waals surface area contributed by atoms with Crippen molar-refractivity contribution in [2.75, 3.05) is 11.6 Å². The largest absolute Gasteiger partial charge is 0.368 e. The van der Waals surface area contributed by atoms with E-state index in [1.165, 1.54) is 12.3 Å². The fourth-order valence-electron chi connectivity index (χ4n) is 0.433. The van der Waals surface area contributed by atoms with Gasteiger partial charge in [0.2, 0.25) is 5.95 Å². The zero-order valence-electron chi connectivity index (χ0n) is 4.61.